The van der Waals surface area contributed by atoms with Crippen molar-refractivity contribution in [1.29, 1.82) is 0 Å². The van der Waals surface area contributed by atoms with E-state index < -0.39 is 0 Å². The number of Topliss-reactive ketones (excluding diaryl/α,β-unsaturated/α-hetero) is 1. The molecule has 1 fully saturated rings. The van der Waals surface area contributed by atoms with Crippen molar-refractivity contribution in [3.8, 4) is 0 Å². The Morgan fingerprint density at radius 1 is 1.17 bits per heavy atom. The Labute approximate surface area is 110 Å². The van der Waals surface area contributed by atoms with E-state index in [1.807, 2.05) is 38.1 Å². The number of benzene rings is 1. The minimum atomic E-state index is -0.0733. The van der Waals surface area contributed by atoms with E-state index in [4.69, 9.17) is 0 Å². The zero-order valence-corrected chi connectivity index (χ0v) is 11.4. The number of aryl methyl sites for hydroxylation is 1. The average Bonchev–Trinajstić information content (AvgIpc) is 2.40. The lowest BCUT2D eigenvalue weighted by Crippen LogP contribution is -2.42. The second-order valence-corrected chi connectivity index (χ2v) is 5.45. The van der Waals surface area contributed by atoms with Crippen LogP contribution < -0.4 is 5.32 Å². The fraction of sp³-hybridized carbons (Fsp3) is 0.562. The van der Waals surface area contributed by atoms with Crippen LogP contribution in [-0.2, 0) is 0 Å². The maximum Gasteiger partial charge on any atom is 0.179 e. The van der Waals surface area contributed by atoms with E-state index in [0.717, 1.165) is 5.56 Å². The Balaban J connectivity index is 1.93. The molecule has 98 valence electrons. The van der Waals surface area contributed by atoms with Crippen molar-refractivity contribution < 1.29 is 4.79 Å². The quantitative estimate of drug-likeness (QED) is 0.823. The van der Waals surface area contributed by atoms with Crippen molar-refractivity contribution in [2.45, 2.75) is 58.0 Å². The van der Waals surface area contributed by atoms with Gasteiger partial charge in [0.2, 0.25) is 0 Å². The Hall–Kier alpha value is -1.15. The first-order valence-electron chi connectivity index (χ1n) is 7.04. The molecule has 0 amide bonds. The van der Waals surface area contributed by atoms with Gasteiger partial charge in [0.15, 0.2) is 5.78 Å². The summed E-state index contributed by atoms with van der Waals surface area (Å²) in [5, 5.41) is 3.48. The Morgan fingerprint density at radius 2 is 1.78 bits per heavy atom. The van der Waals surface area contributed by atoms with Gasteiger partial charge in [-0.2, -0.15) is 0 Å². The molecule has 1 atom stereocenters. The predicted octanol–water partition coefficient (Wildman–Crippen LogP) is 3.49. The summed E-state index contributed by atoms with van der Waals surface area (Å²) in [6, 6.07) is 8.31. The number of hydrogen-bond donors (Lipinski definition) is 1. The van der Waals surface area contributed by atoms with Gasteiger partial charge in [0.25, 0.3) is 0 Å². The molecule has 1 aromatic rings. The first-order valence-corrected chi connectivity index (χ1v) is 7.04. The summed E-state index contributed by atoms with van der Waals surface area (Å²) >= 11 is 0. The number of ketones is 1. The van der Waals surface area contributed by atoms with Gasteiger partial charge in [-0.25, -0.2) is 0 Å². The molecule has 1 N–H and O–H groups in total. The summed E-state index contributed by atoms with van der Waals surface area (Å²) in [4.78, 5) is 12.3. The molecule has 0 radical (unpaired) electrons. The SMILES string of the molecule is Cc1ccc(C(=O)C(C)NC2CCCCC2)cc1. The molecule has 0 aliphatic heterocycles. The lowest BCUT2D eigenvalue weighted by atomic mass is 9.94. The van der Waals surface area contributed by atoms with Gasteiger partial charge in [-0.3, -0.25) is 4.79 Å². The first-order chi connectivity index (χ1) is 8.66. The second kappa shape index (κ2) is 6.14. The summed E-state index contributed by atoms with van der Waals surface area (Å²) < 4.78 is 0. The van der Waals surface area contributed by atoms with Crippen LogP contribution in [0.4, 0.5) is 0 Å². The third-order valence-electron chi connectivity index (χ3n) is 3.82. The highest BCUT2D eigenvalue weighted by Crippen LogP contribution is 2.18. The Bertz CT molecular complexity index is 390. The molecule has 1 unspecified atom stereocenters. The maximum atomic E-state index is 12.3. The minimum Gasteiger partial charge on any atom is -0.305 e. The number of hydrogen-bond acceptors (Lipinski definition) is 2. The van der Waals surface area contributed by atoms with Crippen LogP contribution in [0.25, 0.3) is 0 Å². The van der Waals surface area contributed by atoms with Crippen molar-refractivity contribution in [2.75, 3.05) is 0 Å². The first kappa shape index (κ1) is 13.3. The van der Waals surface area contributed by atoms with Crippen LogP contribution in [0, 0.1) is 6.92 Å². The highest BCUT2D eigenvalue weighted by atomic mass is 16.1. The number of carbonyl (C=O) groups excluding carboxylic acids is 1. The molecule has 18 heavy (non-hydrogen) atoms. The third-order valence-corrected chi connectivity index (χ3v) is 3.82. The van der Waals surface area contributed by atoms with Gasteiger partial charge >= 0.3 is 0 Å². The van der Waals surface area contributed by atoms with E-state index >= 15 is 0 Å². The van der Waals surface area contributed by atoms with Crippen LogP contribution >= 0.6 is 0 Å². The molecule has 2 rings (SSSR count). The summed E-state index contributed by atoms with van der Waals surface area (Å²) in [6.45, 7) is 4.02. The summed E-state index contributed by atoms with van der Waals surface area (Å²) in [5.74, 6) is 0.209. The molecule has 2 heteroatoms. The van der Waals surface area contributed by atoms with E-state index in [1.165, 1.54) is 37.7 Å². The van der Waals surface area contributed by atoms with E-state index in [9.17, 15) is 4.79 Å². The molecular weight excluding hydrogens is 222 g/mol. The average molecular weight is 245 g/mol. The van der Waals surface area contributed by atoms with Crippen LogP contribution in [0.3, 0.4) is 0 Å². The molecule has 0 aromatic heterocycles. The molecule has 0 spiro atoms. The van der Waals surface area contributed by atoms with Gasteiger partial charge in [-0.15, -0.1) is 0 Å². The summed E-state index contributed by atoms with van der Waals surface area (Å²) in [7, 11) is 0. The Morgan fingerprint density at radius 3 is 2.39 bits per heavy atom. The van der Waals surface area contributed by atoms with E-state index in [0.29, 0.717) is 6.04 Å². The van der Waals surface area contributed by atoms with Gasteiger partial charge < -0.3 is 5.32 Å². The standard InChI is InChI=1S/C16H23NO/c1-12-8-10-14(11-9-12)16(18)13(2)17-15-6-4-3-5-7-15/h8-11,13,15,17H,3-7H2,1-2H3. The lowest BCUT2D eigenvalue weighted by Gasteiger charge is -2.26. The molecule has 2 nitrogen and oxygen atoms in total. The zero-order chi connectivity index (χ0) is 13.0. The van der Waals surface area contributed by atoms with Crippen LogP contribution in [-0.4, -0.2) is 17.9 Å². The molecular formula is C16H23NO. The van der Waals surface area contributed by atoms with Crippen LogP contribution in [0.15, 0.2) is 24.3 Å². The largest absolute Gasteiger partial charge is 0.305 e. The molecule has 1 aliphatic carbocycles. The van der Waals surface area contributed by atoms with Gasteiger partial charge in [-0.05, 0) is 26.7 Å². The van der Waals surface area contributed by atoms with Crippen LogP contribution in [0.1, 0.15) is 54.9 Å². The van der Waals surface area contributed by atoms with Crippen LogP contribution in [0.2, 0.25) is 0 Å². The molecule has 0 heterocycles. The van der Waals surface area contributed by atoms with Crippen molar-refractivity contribution in [2.24, 2.45) is 0 Å². The number of carbonyl (C=O) groups is 1. The molecule has 0 bridgehead atoms. The zero-order valence-electron chi connectivity index (χ0n) is 11.4. The van der Waals surface area contributed by atoms with Crippen LogP contribution in [0.5, 0.6) is 0 Å². The fourth-order valence-electron chi connectivity index (χ4n) is 2.67. The normalized spacial score (nSPS) is 18.6. The maximum absolute atomic E-state index is 12.3. The monoisotopic (exact) mass is 245 g/mol. The predicted molar refractivity (Wildman–Crippen MR) is 75.0 cm³/mol. The van der Waals surface area contributed by atoms with Crippen molar-refractivity contribution >= 4 is 5.78 Å². The van der Waals surface area contributed by atoms with E-state index in [2.05, 4.69) is 5.32 Å². The third kappa shape index (κ3) is 3.42. The fourth-order valence-corrected chi connectivity index (χ4v) is 2.67. The van der Waals surface area contributed by atoms with Gasteiger partial charge in [0, 0.05) is 11.6 Å². The number of rotatable bonds is 4. The van der Waals surface area contributed by atoms with E-state index in [-0.39, 0.29) is 11.8 Å². The molecule has 1 saturated carbocycles. The van der Waals surface area contributed by atoms with Crippen molar-refractivity contribution in [3.05, 3.63) is 35.4 Å². The van der Waals surface area contributed by atoms with Gasteiger partial charge in [-0.1, -0.05) is 49.1 Å². The smallest absolute Gasteiger partial charge is 0.179 e. The lowest BCUT2D eigenvalue weighted by molar-refractivity contribution is 0.0940. The molecule has 1 aliphatic rings. The van der Waals surface area contributed by atoms with E-state index in [1.54, 1.807) is 0 Å². The highest BCUT2D eigenvalue weighted by molar-refractivity contribution is 5.99. The highest BCUT2D eigenvalue weighted by Gasteiger charge is 2.20. The second-order valence-electron chi connectivity index (χ2n) is 5.45. The minimum absolute atomic E-state index is 0.0733. The Kier molecular flexibility index (Phi) is 4.54. The van der Waals surface area contributed by atoms with Gasteiger partial charge in [0.1, 0.15) is 0 Å². The molecule has 0 saturated heterocycles. The molecule has 1 aromatic carbocycles. The topological polar surface area (TPSA) is 29.1 Å². The number of nitrogens with one attached hydrogen (secondary N) is 1. The van der Waals surface area contributed by atoms with Crippen molar-refractivity contribution in [1.82, 2.24) is 5.32 Å². The summed E-state index contributed by atoms with van der Waals surface area (Å²) in [5.41, 5.74) is 2.01. The van der Waals surface area contributed by atoms with Crippen molar-refractivity contribution in [3.63, 3.8) is 0 Å². The summed E-state index contributed by atoms with van der Waals surface area (Å²) in [6.07, 6.45) is 6.36. The van der Waals surface area contributed by atoms with Gasteiger partial charge in [0.05, 0.1) is 6.04 Å².